The number of nitro groups is 1. The first-order valence-electron chi connectivity index (χ1n) is 5.87. The number of carbonyl (C=O) groups is 1. The van der Waals surface area contributed by atoms with E-state index in [0.717, 1.165) is 29.7 Å². The normalized spacial score (nSPS) is 14.4. The molecule has 0 saturated heterocycles. The van der Waals surface area contributed by atoms with Gasteiger partial charge in [0.05, 0.1) is 4.92 Å². The summed E-state index contributed by atoms with van der Waals surface area (Å²) in [5.41, 5.74) is 0.903. The Morgan fingerprint density at radius 1 is 1.50 bits per heavy atom. The highest BCUT2D eigenvalue weighted by Gasteiger charge is 2.28. The predicted molar refractivity (Wildman–Crippen MR) is 68.4 cm³/mol. The summed E-state index contributed by atoms with van der Waals surface area (Å²) in [4.78, 5) is 21.4. The molecular formula is C11H15N3O3S. The van der Waals surface area contributed by atoms with Crippen molar-refractivity contribution in [3.8, 4) is 0 Å². The number of nitrogens with zero attached hydrogens (tertiary/aromatic N) is 1. The first-order chi connectivity index (χ1) is 8.66. The molecule has 2 N–H and O–H groups in total. The van der Waals surface area contributed by atoms with Crippen molar-refractivity contribution in [3.05, 3.63) is 27.1 Å². The summed E-state index contributed by atoms with van der Waals surface area (Å²) in [5.74, 6) is 0.382. The predicted octanol–water partition coefficient (Wildman–Crippen LogP) is 1.27. The molecule has 0 atom stereocenters. The SMILES string of the molecule is O=C(NCCNCc1csc([N+](=O)[O-])c1)C1CC1. The molecule has 0 spiro atoms. The van der Waals surface area contributed by atoms with Gasteiger partial charge in [0, 0.05) is 37.0 Å². The van der Waals surface area contributed by atoms with E-state index in [4.69, 9.17) is 0 Å². The minimum atomic E-state index is -0.385. The summed E-state index contributed by atoms with van der Waals surface area (Å²) >= 11 is 1.13. The number of rotatable bonds is 7. The van der Waals surface area contributed by atoms with Gasteiger partial charge in [-0.15, -0.1) is 0 Å². The molecule has 1 fully saturated rings. The van der Waals surface area contributed by atoms with E-state index in [2.05, 4.69) is 10.6 Å². The van der Waals surface area contributed by atoms with Gasteiger partial charge in [-0.2, -0.15) is 0 Å². The molecule has 7 heteroatoms. The molecular weight excluding hydrogens is 254 g/mol. The zero-order valence-electron chi connectivity index (χ0n) is 9.85. The van der Waals surface area contributed by atoms with Gasteiger partial charge in [-0.25, -0.2) is 0 Å². The monoisotopic (exact) mass is 269 g/mol. The Morgan fingerprint density at radius 2 is 2.28 bits per heavy atom. The van der Waals surface area contributed by atoms with Gasteiger partial charge in [-0.05, 0) is 18.4 Å². The first-order valence-corrected chi connectivity index (χ1v) is 6.75. The number of hydrogen-bond acceptors (Lipinski definition) is 5. The summed E-state index contributed by atoms with van der Waals surface area (Å²) in [7, 11) is 0. The van der Waals surface area contributed by atoms with Crippen LogP contribution in [0, 0.1) is 16.0 Å². The lowest BCUT2D eigenvalue weighted by molar-refractivity contribution is -0.380. The molecule has 1 aromatic rings. The molecule has 0 unspecified atom stereocenters. The Balaban J connectivity index is 1.59. The van der Waals surface area contributed by atoms with Crippen LogP contribution in [0.2, 0.25) is 0 Å². The van der Waals surface area contributed by atoms with Crippen LogP contribution in [0.15, 0.2) is 11.4 Å². The molecule has 1 amide bonds. The third-order valence-electron chi connectivity index (χ3n) is 2.70. The van der Waals surface area contributed by atoms with Crippen LogP contribution in [0.1, 0.15) is 18.4 Å². The fraction of sp³-hybridized carbons (Fsp3) is 0.545. The lowest BCUT2D eigenvalue weighted by Gasteiger charge is -2.05. The third-order valence-corrected chi connectivity index (χ3v) is 3.63. The zero-order valence-corrected chi connectivity index (χ0v) is 10.7. The molecule has 0 aromatic carbocycles. The van der Waals surface area contributed by atoms with Gasteiger partial charge in [-0.1, -0.05) is 11.3 Å². The Kier molecular flexibility index (Phi) is 4.27. The van der Waals surface area contributed by atoms with E-state index >= 15 is 0 Å². The fourth-order valence-electron chi connectivity index (χ4n) is 1.55. The van der Waals surface area contributed by atoms with Crippen LogP contribution in [0.4, 0.5) is 5.00 Å². The Labute approximate surface area is 109 Å². The number of amides is 1. The van der Waals surface area contributed by atoms with Gasteiger partial charge in [-0.3, -0.25) is 14.9 Å². The number of nitrogens with one attached hydrogen (secondary N) is 2. The molecule has 1 aromatic heterocycles. The van der Waals surface area contributed by atoms with E-state index in [1.165, 1.54) is 0 Å². The second kappa shape index (κ2) is 5.92. The van der Waals surface area contributed by atoms with E-state index in [9.17, 15) is 14.9 Å². The summed E-state index contributed by atoms with van der Waals surface area (Å²) in [6, 6.07) is 1.57. The highest BCUT2D eigenvalue weighted by molar-refractivity contribution is 7.13. The number of hydrogen-bond donors (Lipinski definition) is 2. The molecule has 0 radical (unpaired) electrons. The fourth-order valence-corrected chi connectivity index (χ4v) is 2.28. The highest BCUT2D eigenvalue weighted by Crippen LogP contribution is 2.28. The van der Waals surface area contributed by atoms with E-state index in [-0.39, 0.29) is 21.7 Å². The molecule has 98 valence electrons. The molecule has 1 saturated carbocycles. The van der Waals surface area contributed by atoms with Crippen molar-refractivity contribution in [3.63, 3.8) is 0 Å². The van der Waals surface area contributed by atoms with Gasteiger partial charge < -0.3 is 10.6 Å². The molecule has 0 bridgehead atoms. The quantitative estimate of drug-likeness (QED) is 0.443. The van der Waals surface area contributed by atoms with Gasteiger partial charge in [0.2, 0.25) is 5.91 Å². The Bertz CT molecular complexity index is 442. The molecule has 2 rings (SSSR count). The van der Waals surface area contributed by atoms with Crippen LogP contribution in [0.3, 0.4) is 0 Å². The highest BCUT2D eigenvalue weighted by atomic mass is 32.1. The van der Waals surface area contributed by atoms with Crippen LogP contribution in [-0.2, 0) is 11.3 Å². The maximum Gasteiger partial charge on any atom is 0.324 e. The molecule has 18 heavy (non-hydrogen) atoms. The number of carbonyl (C=O) groups excluding carboxylic acids is 1. The smallest absolute Gasteiger partial charge is 0.324 e. The first kappa shape index (κ1) is 13.0. The van der Waals surface area contributed by atoms with E-state index in [0.29, 0.717) is 19.6 Å². The minimum Gasteiger partial charge on any atom is -0.355 e. The van der Waals surface area contributed by atoms with Gasteiger partial charge in [0.25, 0.3) is 0 Å². The van der Waals surface area contributed by atoms with Crippen LogP contribution >= 0.6 is 11.3 Å². The molecule has 1 aliphatic rings. The average Bonchev–Trinajstić information content (AvgIpc) is 3.08. The van der Waals surface area contributed by atoms with Gasteiger partial charge >= 0.3 is 5.00 Å². The maximum absolute atomic E-state index is 11.3. The van der Waals surface area contributed by atoms with Crippen molar-refractivity contribution < 1.29 is 9.72 Å². The summed E-state index contributed by atoms with van der Waals surface area (Å²) in [6.07, 6.45) is 2.02. The molecule has 1 heterocycles. The van der Waals surface area contributed by atoms with Crippen molar-refractivity contribution in [1.82, 2.24) is 10.6 Å². The van der Waals surface area contributed by atoms with Gasteiger partial charge in [0.15, 0.2) is 0 Å². The van der Waals surface area contributed by atoms with E-state index in [1.807, 2.05) is 0 Å². The van der Waals surface area contributed by atoms with Crippen LogP contribution < -0.4 is 10.6 Å². The topological polar surface area (TPSA) is 84.3 Å². The summed E-state index contributed by atoms with van der Waals surface area (Å²) in [5, 5.41) is 18.4. The van der Waals surface area contributed by atoms with Crippen molar-refractivity contribution in [2.75, 3.05) is 13.1 Å². The van der Waals surface area contributed by atoms with Crippen LogP contribution in [-0.4, -0.2) is 23.9 Å². The average molecular weight is 269 g/mol. The van der Waals surface area contributed by atoms with Crippen molar-refractivity contribution in [2.24, 2.45) is 5.92 Å². The largest absolute Gasteiger partial charge is 0.355 e. The van der Waals surface area contributed by atoms with Crippen LogP contribution in [0.25, 0.3) is 0 Å². The van der Waals surface area contributed by atoms with Crippen LogP contribution in [0.5, 0.6) is 0 Å². The van der Waals surface area contributed by atoms with E-state index < -0.39 is 0 Å². The lowest BCUT2D eigenvalue weighted by Crippen LogP contribution is -2.32. The number of thiophene rings is 1. The zero-order chi connectivity index (χ0) is 13.0. The van der Waals surface area contributed by atoms with Gasteiger partial charge in [0.1, 0.15) is 0 Å². The van der Waals surface area contributed by atoms with E-state index in [1.54, 1.807) is 11.4 Å². The second-order valence-electron chi connectivity index (χ2n) is 4.29. The summed E-state index contributed by atoms with van der Waals surface area (Å²) in [6.45, 7) is 1.85. The lowest BCUT2D eigenvalue weighted by atomic mass is 10.3. The standard InChI is InChI=1S/C11H15N3O3S/c15-11(9-1-2-9)13-4-3-12-6-8-5-10(14(16)17)18-7-8/h5,7,9,12H,1-4,6H2,(H,13,15). The molecule has 0 aliphatic heterocycles. The second-order valence-corrected chi connectivity index (χ2v) is 5.18. The Morgan fingerprint density at radius 3 is 2.89 bits per heavy atom. The maximum atomic E-state index is 11.3. The minimum absolute atomic E-state index is 0.142. The Hall–Kier alpha value is -1.47. The molecule has 1 aliphatic carbocycles. The van der Waals surface area contributed by atoms with Crippen molar-refractivity contribution in [2.45, 2.75) is 19.4 Å². The van der Waals surface area contributed by atoms with Crippen molar-refractivity contribution >= 4 is 22.2 Å². The summed E-state index contributed by atoms with van der Waals surface area (Å²) < 4.78 is 0. The molecule has 6 nitrogen and oxygen atoms in total. The third kappa shape index (κ3) is 3.78. The van der Waals surface area contributed by atoms with Crippen molar-refractivity contribution in [1.29, 1.82) is 0 Å².